The third kappa shape index (κ3) is 2.94. The van der Waals surface area contributed by atoms with E-state index in [-0.39, 0.29) is 18.1 Å². The molecule has 2 aliphatic rings. The largest absolute Gasteiger partial charge is 0.512 e. The van der Waals surface area contributed by atoms with Crippen molar-refractivity contribution in [3.8, 4) is 0 Å². The first kappa shape index (κ1) is 14.4. The van der Waals surface area contributed by atoms with Crippen LogP contribution >= 0.6 is 0 Å². The number of aliphatic hydroxyl groups excluding tert-OH is 1. The van der Waals surface area contributed by atoms with Crippen molar-refractivity contribution >= 4 is 5.97 Å². The third-order valence-corrected chi connectivity index (χ3v) is 4.32. The van der Waals surface area contributed by atoms with Gasteiger partial charge in [0.05, 0.1) is 17.8 Å². The van der Waals surface area contributed by atoms with Gasteiger partial charge in [0.15, 0.2) is 0 Å². The summed E-state index contributed by atoms with van der Waals surface area (Å²) in [5, 5.41) is 20.6. The van der Waals surface area contributed by atoms with Crippen LogP contribution in [-0.2, 0) is 9.53 Å². The molecule has 0 aromatic carbocycles. The maximum absolute atomic E-state index is 12.0. The van der Waals surface area contributed by atoms with Gasteiger partial charge in [0.1, 0.15) is 5.76 Å². The normalized spacial score (nSPS) is 34.3. The summed E-state index contributed by atoms with van der Waals surface area (Å²) < 4.78 is 5.03. The first-order valence-electron chi connectivity index (χ1n) is 7.30. The van der Waals surface area contributed by atoms with Crippen molar-refractivity contribution in [2.24, 2.45) is 11.8 Å². The van der Waals surface area contributed by atoms with Gasteiger partial charge in [-0.15, -0.1) is 0 Å². The fourth-order valence-electron chi connectivity index (χ4n) is 3.78. The number of fused-ring (bicyclic) bond motifs is 2. The van der Waals surface area contributed by atoms with E-state index in [1.807, 2.05) is 0 Å². The van der Waals surface area contributed by atoms with E-state index in [2.05, 4.69) is 6.92 Å². The molecule has 3 unspecified atom stereocenters. The van der Waals surface area contributed by atoms with Crippen molar-refractivity contribution in [1.82, 2.24) is 0 Å². The zero-order chi connectivity index (χ0) is 14.0. The molecule has 0 radical (unpaired) electrons. The molecule has 2 rings (SSSR count). The summed E-state index contributed by atoms with van der Waals surface area (Å²) in [7, 11) is 0. The van der Waals surface area contributed by atoms with Crippen molar-refractivity contribution in [2.75, 3.05) is 6.61 Å². The molecular formula is C15H24O4. The Hall–Kier alpha value is -1.03. The molecule has 0 aromatic rings. The van der Waals surface area contributed by atoms with Crippen LogP contribution in [0.5, 0.6) is 0 Å². The van der Waals surface area contributed by atoms with Crippen molar-refractivity contribution in [3.63, 3.8) is 0 Å². The monoisotopic (exact) mass is 268 g/mol. The van der Waals surface area contributed by atoms with Crippen LogP contribution in [0.25, 0.3) is 0 Å². The lowest BCUT2D eigenvalue weighted by Crippen LogP contribution is -2.44. The second-order valence-electron chi connectivity index (χ2n) is 5.98. The number of ether oxygens (including phenoxy) is 1. The first-order valence-corrected chi connectivity index (χ1v) is 7.30. The first-order chi connectivity index (χ1) is 8.99. The van der Waals surface area contributed by atoms with Gasteiger partial charge in [-0.1, -0.05) is 19.8 Å². The lowest BCUT2D eigenvalue weighted by atomic mass is 9.64. The number of rotatable bonds is 4. The van der Waals surface area contributed by atoms with Gasteiger partial charge in [-0.05, 0) is 38.0 Å². The van der Waals surface area contributed by atoms with Gasteiger partial charge in [0, 0.05) is 6.42 Å². The molecule has 0 aliphatic heterocycles. The summed E-state index contributed by atoms with van der Waals surface area (Å²) in [6.45, 7) is 4.20. The minimum absolute atomic E-state index is 0.0344. The van der Waals surface area contributed by atoms with Crippen LogP contribution < -0.4 is 0 Å². The Morgan fingerprint density at radius 3 is 2.79 bits per heavy atom. The van der Waals surface area contributed by atoms with Gasteiger partial charge in [0.2, 0.25) is 0 Å². The number of carbonyl (C=O) groups is 1. The van der Waals surface area contributed by atoms with E-state index in [1.165, 1.54) is 0 Å². The molecule has 1 fully saturated rings. The topological polar surface area (TPSA) is 66.8 Å². The van der Waals surface area contributed by atoms with E-state index in [9.17, 15) is 15.0 Å². The van der Waals surface area contributed by atoms with Crippen LogP contribution in [0.4, 0.5) is 0 Å². The van der Waals surface area contributed by atoms with E-state index >= 15 is 0 Å². The molecule has 0 saturated heterocycles. The molecule has 3 atom stereocenters. The molecule has 4 nitrogen and oxygen atoms in total. The molecule has 2 aliphatic carbocycles. The van der Waals surface area contributed by atoms with E-state index < -0.39 is 11.6 Å². The average Bonchev–Trinajstić information content (AvgIpc) is 2.27. The summed E-state index contributed by atoms with van der Waals surface area (Å²) in [5.41, 5.74) is -0.421. The SMILES string of the molecule is CCCC1CC2CC(O)(CC(O)=C2C(=O)OCC)C1. The van der Waals surface area contributed by atoms with Gasteiger partial charge in [-0.25, -0.2) is 4.79 Å². The molecule has 2 N–H and O–H groups in total. The quantitative estimate of drug-likeness (QED) is 0.769. The van der Waals surface area contributed by atoms with Crippen molar-refractivity contribution in [3.05, 3.63) is 11.3 Å². The van der Waals surface area contributed by atoms with Gasteiger partial charge < -0.3 is 14.9 Å². The number of carbonyl (C=O) groups excluding carboxylic acids is 1. The van der Waals surface area contributed by atoms with Crippen molar-refractivity contribution < 1.29 is 19.7 Å². The van der Waals surface area contributed by atoms with Gasteiger partial charge in [0.25, 0.3) is 0 Å². The van der Waals surface area contributed by atoms with Gasteiger partial charge in [-0.3, -0.25) is 0 Å². The average molecular weight is 268 g/mol. The Morgan fingerprint density at radius 2 is 2.16 bits per heavy atom. The van der Waals surface area contributed by atoms with Crippen LogP contribution in [0.1, 0.15) is 52.4 Å². The molecule has 0 spiro atoms. The Labute approximate surface area is 114 Å². The molecule has 0 heterocycles. The maximum Gasteiger partial charge on any atom is 0.337 e. The molecule has 108 valence electrons. The zero-order valence-corrected chi connectivity index (χ0v) is 11.8. The van der Waals surface area contributed by atoms with Crippen LogP contribution in [0.2, 0.25) is 0 Å². The number of aliphatic hydroxyl groups is 2. The van der Waals surface area contributed by atoms with E-state index in [0.717, 1.165) is 25.7 Å². The number of esters is 1. The highest BCUT2D eigenvalue weighted by Crippen LogP contribution is 2.48. The van der Waals surface area contributed by atoms with Crippen LogP contribution in [0, 0.1) is 11.8 Å². The Kier molecular flexibility index (Phi) is 4.19. The third-order valence-electron chi connectivity index (χ3n) is 4.32. The lowest BCUT2D eigenvalue weighted by Gasteiger charge is -2.45. The molecule has 0 aromatic heterocycles. The molecule has 1 saturated carbocycles. The molecule has 2 bridgehead atoms. The van der Waals surface area contributed by atoms with Crippen LogP contribution in [0.15, 0.2) is 11.3 Å². The van der Waals surface area contributed by atoms with Gasteiger partial charge in [-0.2, -0.15) is 0 Å². The second kappa shape index (κ2) is 5.53. The standard InChI is InChI=1S/C15H24O4/c1-3-5-10-6-11-8-15(18,7-10)9-12(16)13(11)14(17)19-4-2/h10-11,16,18H,3-9H2,1-2H3. The van der Waals surface area contributed by atoms with E-state index in [4.69, 9.17) is 4.74 Å². The minimum Gasteiger partial charge on any atom is -0.512 e. The fraction of sp³-hybridized carbons (Fsp3) is 0.800. The molecule has 0 amide bonds. The summed E-state index contributed by atoms with van der Waals surface area (Å²) in [5.74, 6) is 0.00530. The predicted octanol–water partition coefficient (Wildman–Crippen LogP) is 2.71. The summed E-state index contributed by atoms with van der Waals surface area (Å²) >= 11 is 0. The Bertz CT molecular complexity index is 388. The smallest absolute Gasteiger partial charge is 0.337 e. The predicted molar refractivity (Wildman–Crippen MR) is 71.6 cm³/mol. The van der Waals surface area contributed by atoms with E-state index in [1.54, 1.807) is 6.92 Å². The Morgan fingerprint density at radius 1 is 1.42 bits per heavy atom. The Balaban J connectivity index is 2.23. The maximum atomic E-state index is 12.0. The van der Waals surface area contributed by atoms with Crippen LogP contribution in [0.3, 0.4) is 0 Å². The van der Waals surface area contributed by atoms with Crippen molar-refractivity contribution in [2.45, 2.75) is 58.0 Å². The van der Waals surface area contributed by atoms with Crippen molar-refractivity contribution in [1.29, 1.82) is 0 Å². The number of hydrogen-bond donors (Lipinski definition) is 2. The lowest BCUT2D eigenvalue weighted by molar-refractivity contribution is -0.141. The summed E-state index contributed by atoms with van der Waals surface area (Å²) in [6.07, 6.45) is 4.52. The highest BCUT2D eigenvalue weighted by atomic mass is 16.5. The van der Waals surface area contributed by atoms with Gasteiger partial charge >= 0.3 is 5.97 Å². The molecule has 4 heteroatoms. The second-order valence-corrected chi connectivity index (χ2v) is 5.98. The molecular weight excluding hydrogens is 244 g/mol. The van der Waals surface area contributed by atoms with E-state index in [0.29, 0.717) is 24.5 Å². The number of hydrogen-bond acceptors (Lipinski definition) is 4. The summed E-state index contributed by atoms with van der Waals surface area (Å²) in [6, 6.07) is 0. The van der Waals surface area contributed by atoms with Crippen LogP contribution in [-0.4, -0.2) is 28.4 Å². The summed E-state index contributed by atoms with van der Waals surface area (Å²) in [4.78, 5) is 12.0. The minimum atomic E-state index is -0.831. The zero-order valence-electron chi connectivity index (χ0n) is 11.8. The molecule has 19 heavy (non-hydrogen) atoms. The highest BCUT2D eigenvalue weighted by Gasteiger charge is 2.47. The fourth-order valence-corrected chi connectivity index (χ4v) is 3.78. The highest BCUT2D eigenvalue weighted by molar-refractivity contribution is 5.90.